The lowest BCUT2D eigenvalue weighted by molar-refractivity contribution is 0.493. The van der Waals surface area contributed by atoms with Crippen LogP contribution >= 0.6 is 15.9 Å². The molecule has 0 radical (unpaired) electrons. The number of rotatable bonds is 4. The van der Waals surface area contributed by atoms with Crippen LogP contribution in [0.4, 0.5) is 0 Å². The Morgan fingerprint density at radius 3 is 2.74 bits per heavy atom. The van der Waals surface area contributed by atoms with Crippen molar-refractivity contribution in [3.05, 3.63) is 42.1 Å². The largest absolute Gasteiger partial charge is 0.253 e. The van der Waals surface area contributed by atoms with E-state index in [1.807, 2.05) is 0 Å². The summed E-state index contributed by atoms with van der Waals surface area (Å²) in [4.78, 5) is 5.33. The number of hydrogen-bond donors (Lipinski definition) is 0. The van der Waals surface area contributed by atoms with Crippen LogP contribution in [0, 0.1) is 5.92 Å². The molecule has 0 spiro atoms. The van der Waals surface area contributed by atoms with Crippen LogP contribution in [0.15, 0.2) is 36.4 Å². The molecule has 19 heavy (non-hydrogen) atoms. The highest BCUT2D eigenvalue weighted by Crippen LogP contribution is 2.31. The van der Waals surface area contributed by atoms with Crippen molar-refractivity contribution in [2.75, 3.05) is 0 Å². The Morgan fingerprint density at radius 2 is 1.89 bits per heavy atom. The first-order valence-corrected chi connectivity index (χ1v) is 8.21. The molecule has 2 aromatic rings. The van der Waals surface area contributed by atoms with Gasteiger partial charge in [-0.3, -0.25) is 4.98 Å². The van der Waals surface area contributed by atoms with E-state index in [1.165, 1.54) is 43.2 Å². The van der Waals surface area contributed by atoms with Crippen molar-refractivity contribution >= 4 is 26.8 Å². The minimum Gasteiger partial charge on any atom is -0.253 e. The zero-order chi connectivity index (χ0) is 13.1. The zero-order valence-corrected chi connectivity index (χ0v) is 12.8. The number of para-hydroxylation sites is 1. The Hall–Kier alpha value is -0.890. The van der Waals surface area contributed by atoms with Crippen molar-refractivity contribution < 1.29 is 0 Å². The SMILES string of the molecule is BrC(Cc1ccc2ccccc2n1)CC1CCCC1. The van der Waals surface area contributed by atoms with E-state index in [1.54, 1.807) is 0 Å². The molecule has 2 heteroatoms. The Labute approximate surface area is 123 Å². The summed E-state index contributed by atoms with van der Waals surface area (Å²) in [6.07, 6.45) is 8.05. The average Bonchev–Trinajstić information content (AvgIpc) is 2.91. The van der Waals surface area contributed by atoms with Crippen molar-refractivity contribution in [2.24, 2.45) is 5.92 Å². The summed E-state index contributed by atoms with van der Waals surface area (Å²) in [5.41, 5.74) is 2.32. The highest BCUT2D eigenvalue weighted by atomic mass is 79.9. The van der Waals surface area contributed by atoms with Gasteiger partial charge >= 0.3 is 0 Å². The van der Waals surface area contributed by atoms with Crippen molar-refractivity contribution in [2.45, 2.75) is 43.4 Å². The molecule has 0 bridgehead atoms. The molecule has 1 unspecified atom stereocenters. The number of benzene rings is 1. The van der Waals surface area contributed by atoms with E-state index in [4.69, 9.17) is 4.98 Å². The minimum atomic E-state index is 0.573. The smallest absolute Gasteiger partial charge is 0.0705 e. The number of hydrogen-bond acceptors (Lipinski definition) is 1. The summed E-state index contributed by atoms with van der Waals surface area (Å²) >= 11 is 3.85. The predicted molar refractivity (Wildman–Crippen MR) is 84.7 cm³/mol. The third-order valence-corrected chi connectivity index (χ3v) is 4.85. The summed E-state index contributed by atoms with van der Waals surface area (Å²) in [7, 11) is 0. The number of alkyl halides is 1. The number of halogens is 1. The Kier molecular flexibility index (Phi) is 4.17. The number of pyridine rings is 1. The Bertz CT molecular complexity index is 546. The van der Waals surface area contributed by atoms with Gasteiger partial charge in [0.2, 0.25) is 0 Å². The molecule has 1 heterocycles. The van der Waals surface area contributed by atoms with E-state index in [0.717, 1.165) is 17.9 Å². The van der Waals surface area contributed by atoms with Crippen LogP contribution in [0.3, 0.4) is 0 Å². The van der Waals surface area contributed by atoms with E-state index >= 15 is 0 Å². The molecule has 0 N–H and O–H groups in total. The fourth-order valence-electron chi connectivity index (χ4n) is 3.14. The van der Waals surface area contributed by atoms with Crippen molar-refractivity contribution in [3.63, 3.8) is 0 Å². The topological polar surface area (TPSA) is 12.9 Å². The number of aromatic nitrogens is 1. The van der Waals surface area contributed by atoms with E-state index in [2.05, 4.69) is 52.3 Å². The monoisotopic (exact) mass is 317 g/mol. The lowest BCUT2D eigenvalue weighted by Gasteiger charge is -2.14. The quantitative estimate of drug-likeness (QED) is 0.713. The van der Waals surface area contributed by atoms with Crippen molar-refractivity contribution in [1.29, 1.82) is 0 Å². The van der Waals surface area contributed by atoms with Crippen molar-refractivity contribution in [1.82, 2.24) is 4.98 Å². The van der Waals surface area contributed by atoms with E-state index < -0.39 is 0 Å². The lowest BCUT2D eigenvalue weighted by atomic mass is 9.99. The molecule has 1 atom stereocenters. The van der Waals surface area contributed by atoms with Crippen LogP contribution in [0.2, 0.25) is 0 Å². The third-order valence-electron chi connectivity index (χ3n) is 4.15. The van der Waals surface area contributed by atoms with Crippen LogP contribution in [0.5, 0.6) is 0 Å². The van der Waals surface area contributed by atoms with Gasteiger partial charge in [0.15, 0.2) is 0 Å². The van der Waals surface area contributed by atoms with Crippen LogP contribution in [0.1, 0.15) is 37.8 Å². The summed E-state index contributed by atoms with van der Waals surface area (Å²) < 4.78 is 0. The van der Waals surface area contributed by atoms with Gasteiger partial charge in [-0.15, -0.1) is 0 Å². The third kappa shape index (κ3) is 3.36. The fraction of sp³-hybridized carbons (Fsp3) is 0.471. The van der Waals surface area contributed by atoms with Crippen LogP contribution in [0.25, 0.3) is 10.9 Å². The van der Waals surface area contributed by atoms with Gasteiger partial charge in [-0.1, -0.05) is 65.9 Å². The molecule has 1 saturated carbocycles. The van der Waals surface area contributed by atoms with Crippen molar-refractivity contribution in [3.8, 4) is 0 Å². The molecule has 1 aromatic carbocycles. The highest BCUT2D eigenvalue weighted by Gasteiger charge is 2.19. The highest BCUT2D eigenvalue weighted by molar-refractivity contribution is 9.09. The molecule has 0 aliphatic heterocycles. The molecular formula is C17H20BrN. The Morgan fingerprint density at radius 1 is 1.11 bits per heavy atom. The van der Waals surface area contributed by atoms with Gasteiger partial charge in [0.25, 0.3) is 0 Å². The first-order chi connectivity index (χ1) is 9.31. The molecule has 1 aromatic heterocycles. The molecule has 1 fully saturated rings. The second-order valence-corrected chi connectivity index (χ2v) is 6.98. The normalized spacial score (nSPS) is 17.9. The van der Waals surface area contributed by atoms with Gasteiger partial charge in [0.05, 0.1) is 5.52 Å². The molecule has 0 saturated heterocycles. The predicted octanol–water partition coefficient (Wildman–Crippen LogP) is 5.12. The first kappa shape index (κ1) is 13.1. The maximum Gasteiger partial charge on any atom is 0.0705 e. The van der Waals surface area contributed by atoms with Gasteiger partial charge in [0, 0.05) is 22.3 Å². The second-order valence-electron chi connectivity index (χ2n) is 5.68. The van der Waals surface area contributed by atoms with Gasteiger partial charge in [-0.2, -0.15) is 0 Å². The van der Waals surface area contributed by atoms with Crippen LogP contribution < -0.4 is 0 Å². The Balaban J connectivity index is 1.66. The van der Waals surface area contributed by atoms with Gasteiger partial charge < -0.3 is 0 Å². The second kappa shape index (κ2) is 6.04. The molecular weight excluding hydrogens is 298 g/mol. The summed E-state index contributed by atoms with van der Waals surface area (Å²) in [6, 6.07) is 12.7. The van der Waals surface area contributed by atoms with E-state index in [-0.39, 0.29) is 0 Å². The minimum absolute atomic E-state index is 0.573. The summed E-state index contributed by atoms with van der Waals surface area (Å²) in [5.74, 6) is 0.935. The maximum absolute atomic E-state index is 4.76. The molecule has 1 aliphatic carbocycles. The first-order valence-electron chi connectivity index (χ1n) is 7.30. The lowest BCUT2D eigenvalue weighted by Crippen LogP contribution is -2.09. The zero-order valence-electron chi connectivity index (χ0n) is 11.2. The molecule has 1 aliphatic rings. The molecule has 3 rings (SSSR count). The average molecular weight is 318 g/mol. The number of fused-ring (bicyclic) bond motifs is 1. The molecule has 1 nitrogen and oxygen atoms in total. The standard InChI is InChI=1S/C17H20BrN/c18-15(11-13-5-1-2-6-13)12-16-10-9-14-7-3-4-8-17(14)19-16/h3-4,7-10,13,15H,1-2,5-6,11-12H2. The number of nitrogens with zero attached hydrogens (tertiary/aromatic N) is 1. The summed E-state index contributed by atoms with van der Waals surface area (Å²) in [6.45, 7) is 0. The van der Waals surface area contributed by atoms with Gasteiger partial charge in [-0.25, -0.2) is 0 Å². The van der Waals surface area contributed by atoms with E-state index in [9.17, 15) is 0 Å². The van der Waals surface area contributed by atoms with E-state index in [0.29, 0.717) is 4.83 Å². The van der Waals surface area contributed by atoms with Crippen LogP contribution in [-0.4, -0.2) is 9.81 Å². The van der Waals surface area contributed by atoms with Gasteiger partial charge in [-0.05, 0) is 24.5 Å². The molecule has 100 valence electrons. The maximum atomic E-state index is 4.76. The van der Waals surface area contributed by atoms with Gasteiger partial charge in [0.1, 0.15) is 0 Å². The fourth-order valence-corrected chi connectivity index (χ4v) is 4.00. The summed E-state index contributed by atoms with van der Waals surface area (Å²) in [5, 5.41) is 1.23. The molecule has 0 amide bonds. The van der Waals surface area contributed by atoms with Crippen LogP contribution in [-0.2, 0) is 6.42 Å².